The summed E-state index contributed by atoms with van der Waals surface area (Å²) in [5.41, 5.74) is 0.835. The summed E-state index contributed by atoms with van der Waals surface area (Å²) < 4.78 is 11.5. The van der Waals surface area contributed by atoms with E-state index < -0.39 is 5.91 Å². The fourth-order valence-corrected chi connectivity index (χ4v) is 2.92. The lowest BCUT2D eigenvalue weighted by molar-refractivity contribution is 0.0992. The van der Waals surface area contributed by atoms with Gasteiger partial charge in [-0.05, 0) is 35.7 Å². The number of nitrogens with zero attached hydrogens (tertiary/aromatic N) is 1. The van der Waals surface area contributed by atoms with Crippen molar-refractivity contribution in [3.05, 3.63) is 95.9 Å². The molecule has 0 unspecified atom stereocenters. The minimum absolute atomic E-state index is 0.157. The molecule has 0 saturated heterocycles. The standard InChI is InChI=1S/C23H16N2O3/c24-14-17-7-2-4-10-20(17)25-23(26)22-13-12-18(28-22)15-27-21-11-5-8-16-6-1-3-9-19(16)21/h1-13H,15H2,(H,25,26). The lowest BCUT2D eigenvalue weighted by Gasteiger charge is -2.08. The Hall–Kier alpha value is -4.04. The molecule has 3 aromatic carbocycles. The average molecular weight is 368 g/mol. The van der Waals surface area contributed by atoms with Gasteiger partial charge in [-0.1, -0.05) is 48.5 Å². The number of anilines is 1. The van der Waals surface area contributed by atoms with E-state index in [1.807, 2.05) is 48.5 Å². The van der Waals surface area contributed by atoms with Crippen LogP contribution in [0.1, 0.15) is 21.9 Å². The molecule has 0 bridgehead atoms. The van der Waals surface area contributed by atoms with Crippen LogP contribution >= 0.6 is 0 Å². The lowest BCUT2D eigenvalue weighted by atomic mass is 10.1. The van der Waals surface area contributed by atoms with Crippen molar-refractivity contribution in [3.8, 4) is 11.8 Å². The van der Waals surface area contributed by atoms with Gasteiger partial charge in [-0.15, -0.1) is 0 Å². The Morgan fingerprint density at radius 3 is 2.64 bits per heavy atom. The quantitative estimate of drug-likeness (QED) is 0.529. The maximum atomic E-state index is 12.4. The molecule has 0 fully saturated rings. The van der Waals surface area contributed by atoms with Crippen LogP contribution in [0.2, 0.25) is 0 Å². The van der Waals surface area contributed by atoms with Gasteiger partial charge in [0, 0.05) is 5.39 Å². The van der Waals surface area contributed by atoms with Crippen LogP contribution in [0, 0.1) is 11.3 Å². The first-order valence-electron chi connectivity index (χ1n) is 8.74. The maximum Gasteiger partial charge on any atom is 0.291 e. The molecule has 5 heteroatoms. The predicted octanol–water partition coefficient (Wildman–Crippen LogP) is 5.14. The summed E-state index contributed by atoms with van der Waals surface area (Å²) >= 11 is 0. The summed E-state index contributed by atoms with van der Waals surface area (Å²) in [5.74, 6) is 1.03. The second-order valence-electron chi connectivity index (χ2n) is 6.14. The molecule has 0 radical (unpaired) electrons. The van der Waals surface area contributed by atoms with Crippen LogP contribution in [0.25, 0.3) is 10.8 Å². The second kappa shape index (κ2) is 7.68. The first-order valence-corrected chi connectivity index (χ1v) is 8.74. The number of hydrogen-bond donors (Lipinski definition) is 1. The number of nitriles is 1. The van der Waals surface area contributed by atoms with Crippen molar-refractivity contribution in [2.24, 2.45) is 0 Å². The number of nitrogens with one attached hydrogen (secondary N) is 1. The van der Waals surface area contributed by atoms with E-state index in [2.05, 4.69) is 5.32 Å². The smallest absolute Gasteiger partial charge is 0.291 e. The zero-order valence-electron chi connectivity index (χ0n) is 14.9. The van der Waals surface area contributed by atoms with Gasteiger partial charge in [0.05, 0.1) is 11.3 Å². The monoisotopic (exact) mass is 368 g/mol. The summed E-state index contributed by atoms with van der Waals surface area (Å²) in [6, 6.07) is 26.0. The summed E-state index contributed by atoms with van der Waals surface area (Å²) in [7, 11) is 0. The van der Waals surface area contributed by atoms with Crippen LogP contribution in [-0.2, 0) is 6.61 Å². The van der Waals surface area contributed by atoms with Crippen molar-refractivity contribution in [2.75, 3.05) is 5.32 Å². The molecular weight excluding hydrogens is 352 g/mol. The van der Waals surface area contributed by atoms with E-state index in [4.69, 9.17) is 14.4 Å². The second-order valence-corrected chi connectivity index (χ2v) is 6.14. The van der Waals surface area contributed by atoms with Gasteiger partial charge in [0.2, 0.25) is 0 Å². The van der Waals surface area contributed by atoms with Gasteiger partial charge < -0.3 is 14.5 Å². The van der Waals surface area contributed by atoms with E-state index in [1.165, 1.54) is 0 Å². The first kappa shape index (κ1) is 17.4. The molecular formula is C23H16N2O3. The molecule has 4 rings (SSSR count). The Kier molecular flexibility index (Phi) is 4.77. The number of carbonyl (C=O) groups is 1. The number of hydrogen-bond acceptors (Lipinski definition) is 4. The normalized spacial score (nSPS) is 10.4. The number of ether oxygens (including phenoxy) is 1. The highest BCUT2D eigenvalue weighted by Crippen LogP contribution is 2.26. The Balaban J connectivity index is 1.46. The molecule has 0 aliphatic carbocycles. The van der Waals surface area contributed by atoms with Crippen LogP contribution in [0.15, 0.2) is 83.3 Å². The third-order valence-electron chi connectivity index (χ3n) is 4.30. The highest BCUT2D eigenvalue weighted by molar-refractivity contribution is 6.03. The maximum absolute atomic E-state index is 12.4. The molecule has 1 N–H and O–H groups in total. The van der Waals surface area contributed by atoms with Crippen LogP contribution < -0.4 is 10.1 Å². The van der Waals surface area contributed by atoms with Crippen molar-refractivity contribution in [1.82, 2.24) is 0 Å². The number of carbonyl (C=O) groups excluding carboxylic acids is 1. The Bertz CT molecular complexity index is 1180. The number of para-hydroxylation sites is 1. The largest absolute Gasteiger partial charge is 0.485 e. The van der Waals surface area contributed by atoms with Crippen molar-refractivity contribution >= 4 is 22.4 Å². The van der Waals surface area contributed by atoms with Crippen molar-refractivity contribution in [3.63, 3.8) is 0 Å². The number of rotatable bonds is 5. The molecule has 0 spiro atoms. The molecule has 5 nitrogen and oxygen atoms in total. The lowest BCUT2D eigenvalue weighted by Crippen LogP contribution is -2.11. The first-order chi connectivity index (χ1) is 13.7. The summed E-state index contributed by atoms with van der Waals surface area (Å²) in [6.07, 6.45) is 0. The molecule has 1 amide bonds. The molecule has 1 heterocycles. The number of benzene rings is 3. The highest BCUT2D eigenvalue weighted by atomic mass is 16.5. The van der Waals surface area contributed by atoms with Crippen LogP contribution in [0.5, 0.6) is 5.75 Å². The zero-order chi connectivity index (χ0) is 19.3. The van der Waals surface area contributed by atoms with Crippen molar-refractivity contribution in [2.45, 2.75) is 6.61 Å². The molecule has 0 aliphatic heterocycles. The highest BCUT2D eigenvalue weighted by Gasteiger charge is 2.14. The minimum atomic E-state index is -0.417. The van der Waals surface area contributed by atoms with Gasteiger partial charge in [-0.2, -0.15) is 5.26 Å². The molecule has 4 aromatic rings. The number of amides is 1. The molecule has 0 aliphatic rings. The van der Waals surface area contributed by atoms with Gasteiger partial charge >= 0.3 is 0 Å². The van der Waals surface area contributed by atoms with Crippen molar-refractivity contribution < 1.29 is 13.9 Å². The Morgan fingerprint density at radius 2 is 1.75 bits per heavy atom. The van der Waals surface area contributed by atoms with Gasteiger partial charge in [0.25, 0.3) is 5.91 Å². The van der Waals surface area contributed by atoms with E-state index in [0.717, 1.165) is 16.5 Å². The zero-order valence-corrected chi connectivity index (χ0v) is 14.9. The Labute approximate surface area is 161 Å². The van der Waals surface area contributed by atoms with E-state index in [0.29, 0.717) is 17.0 Å². The van der Waals surface area contributed by atoms with E-state index in [1.54, 1.807) is 36.4 Å². The van der Waals surface area contributed by atoms with Crippen LogP contribution in [0.3, 0.4) is 0 Å². The topological polar surface area (TPSA) is 75.3 Å². The fraction of sp³-hybridized carbons (Fsp3) is 0.0435. The van der Waals surface area contributed by atoms with Gasteiger partial charge in [0.1, 0.15) is 24.2 Å². The Morgan fingerprint density at radius 1 is 0.964 bits per heavy atom. The summed E-state index contributed by atoms with van der Waals surface area (Å²) in [6.45, 7) is 0.204. The van der Waals surface area contributed by atoms with Gasteiger partial charge in [0.15, 0.2) is 5.76 Å². The molecule has 136 valence electrons. The van der Waals surface area contributed by atoms with Gasteiger partial charge in [-0.3, -0.25) is 4.79 Å². The van der Waals surface area contributed by atoms with Crippen LogP contribution in [-0.4, -0.2) is 5.91 Å². The molecule has 0 atom stereocenters. The third kappa shape index (κ3) is 3.57. The van der Waals surface area contributed by atoms with E-state index >= 15 is 0 Å². The molecule has 0 saturated carbocycles. The predicted molar refractivity (Wildman–Crippen MR) is 106 cm³/mol. The van der Waals surface area contributed by atoms with Crippen molar-refractivity contribution in [1.29, 1.82) is 5.26 Å². The number of fused-ring (bicyclic) bond motifs is 1. The molecule has 28 heavy (non-hydrogen) atoms. The SMILES string of the molecule is N#Cc1ccccc1NC(=O)c1ccc(COc2cccc3ccccc23)o1. The van der Waals surface area contributed by atoms with E-state index in [9.17, 15) is 4.79 Å². The van der Waals surface area contributed by atoms with Crippen LogP contribution in [0.4, 0.5) is 5.69 Å². The average Bonchev–Trinajstić information content (AvgIpc) is 3.22. The minimum Gasteiger partial charge on any atom is -0.485 e. The summed E-state index contributed by atoms with van der Waals surface area (Å²) in [4.78, 5) is 12.4. The molecule has 1 aromatic heterocycles. The summed E-state index contributed by atoms with van der Waals surface area (Å²) in [5, 5.41) is 13.9. The fourth-order valence-electron chi connectivity index (χ4n) is 2.92. The van der Waals surface area contributed by atoms with Gasteiger partial charge in [-0.25, -0.2) is 0 Å². The van der Waals surface area contributed by atoms with E-state index in [-0.39, 0.29) is 12.4 Å². The number of furan rings is 1. The third-order valence-corrected chi connectivity index (χ3v) is 4.30.